The van der Waals surface area contributed by atoms with Crippen molar-refractivity contribution in [2.45, 2.75) is 6.18 Å². The molecule has 1 amide bonds. The average molecular weight is 297 g/mol. The van der Waals surface area contributed by atoms with Crippen molar-refractivity contribution in [3.8, 4) is 0 Å². The number of carbonyl (C=O) groups is 2. The van der Waals surface area contributed by atoms with Crippen molar-refractivity contribution in [1.29, 1.82) is 0 Å². The van der Waals surface area contributed by atoms with Gasteiger partial charge in [-0.15, -0.1) is 11.3 Å². The number of anilines is 2. The number of alkyl halides is 3. The molecule has 0 atom stereocenters. The molecular formula is C9H10F3N3O3S. The van der Waals surface area contributed by atoms with Gasteiger partial charge in [0.25, 0.3) is 5.91 Å². The number of primary amides is 1. The van der Waals surface area contributed by atoms with Gasteiger partial charge in [-0.05, 0) is 0 Å². The van der Waals surface area contributed by atoms with Crippen LogP contribution in [0.2, 0.25) is 0 Å². The zero-order valence-electron chi connectivity index (χ0n) is 9.63. The van der Waals surface area contributed by atoms with Crippen LogP contribution in [0.5, 0.6) is 0 Å². The first kappa shape index (κ1) is 15.1. The third-order valence-corrected chi connectivity index (χ3v) is 3.16. The quantitative estimate of drug-likeness (QED) is 0.724. The molecule has 0 aromatic carbocycles. The zero-order valence-corrected chi connectivity index (χ0v) is 10.4. The highest BCUT2D eigenvalue weighted by Crippen LogP contribution is 2.36. The molecular weight excluding hydrogens is 287 g/mol. The summed E-state index contributed by atoms with van der Waals surface area (Å²) >= 11 is 0.576. The summed E-state index contributed by atoms with van der Waals surface area (Å²) in [6, 6.07) is 0. The number of thiophene rings is 1. The van der Waals surface area contributed by atoms with E-state index in [0.29, 0.717) is 11.3 Å². The minimum Gasteiger partial charge on any atom is -0.465 e. The number of methoxy groups -OCH3 is 1. The normalized spacial score (nSPS) is 11.2. The minimum absolute atomic E-state index is 0.180. The Bertz CT molecular complexity index is 513. The molecule has 1 heterocycles. The lowest BCUT2D eigenvalue weighted by atomic mass is 10.2. The molecule has 6 nitrogen and oxygen atoms in total. The van der Waals surface area contributed by atoms with Crippen LogP contribution in [0.25, 0.3) is 0 Å². The average Bonchev–Trinajstić information content (AvgIpc) is 2.62. The Morgan fingerprint density at radius 1 is 1.42 bits per heavy atom. The van der Waals surface area contributed by atoms with Gasteiger partial charge in [-0.1, -0.05) is 0 Å². The minimum atomic E-state index is -4.49. The number of esters is 1. The van der Waals surface area contributed by atoms with E-state index in [9.17, 15) is 22.8 Å². The predicted molar refractivity (Wildman–Crippen MR) is 63.1 cm³/mol. The first-order chi connectivity index (χ1) is 8.67. The van der Waals surface area contributed by atoms with Crippen LogP contribution in [0.4, 0.5) is 23.9 Å². The SMILES string of the molecule is COC(=O)c1sc(NCC(F)(F)F)c(C(N)=O)c1N. The Hall–Kier alpha value is -1.97. The van der Waals surface area contributed by atoms with E-state index in [-0.39, 0.29) is 21.1 Å². The highest BCUT2D eigenvalue weighted by molar-refractivity contribution is 7.19. The second-order valence-electron chi connectivity index (χ2n) is 3.37. The summed E-state index contributed by atoms with van der Waals surface area (Å²) in [5.41, 5.74) is 9.88. The van der Waals surface area contributed by atoms with Crippen LogP contribution in [0.1, 0.15) is 20.0 Å². The van der Waals surface area contributed by atoms with Crippen LogP contribution >= 0.6 is 11.3 Å². The molecule has 1 rings (SSSR count). The van der Waals surface area contributed by atoms with E-state index < -0.39 is 24.6 Å². The molecule has 0 spiro atoms. The second-order valence-corrected chi connectivity index (χ2v) is 4.39. The van der Waals surface area contributed by atoms with Crippen molar-refractivity contribution in [2.75, 3.05) is 24.7 Å². The number of rotatable bonds is 4. The smallest absolute Gasteiger partial charge is 0.405 e. The topological polar surface area (TPSA) is 107 Å². The molecule has 0 unspecified atom stereocenters. The van der Waals surface area contributed by atoms with Crippen LogP contribution in [0.3, 0.4) is 0 Å². The standard InChI is InChI=1S/C9H10F3N3O3S/c1-18-8(17)5-4(13)3(6(14)16)7(19-5)15-2-9(10,11)12/h15H,2,13H2,1H3,(H2,14,16). The number of nitrogen functional groups attached to an aromatic ring is 1. The number of halogens is 3. The molecule has 0 aliphatic rings. The molecule has 0 saturated carbocycles. The second kappa shape index (κ2) is 5.34. The largest absolute Gasteiger partial charge is 0.465 e. The third-order valence-electron chi connectivity index (χ3n) is 2.01. The molecule has 106 valence electrons. The summed E-state index contributed by atoms with van der Waals surface area (Å²) in [6.07, 6.45) is -4.49. The number of nitrogens with two attached hydrogens (primary N) is 2. The monoisotopic (exact) mass is 297 g/mol. The van der Waals surface area contributed by atoms with Gasteiger partial charge >= 0.3 is 12.1 Å². The van der Waals surface area contributed by atoms with Crippen LogP contribution in [0.15, 0.2) is 0 Å². The van der Waals surface area contributed by atoms with Gasteiger partial charge in [0.15, 0.2) is 0 Å². The lowest BCUT2D eigenvalue weighted by Crippen LogP contribution is -2.22. The maximum Gasteiger partial charge on any atom is 0.405 e. The number of amides is 1. The van der Waals surface area contributed by atoms with Crippen LogP contribution in [0, 0.1) is 0 Å². The first-order valence-corrected chi connectivity index (χ1v) is 5.60. The fourth-order valence-corrected chi connectivity index (χ4v) is 2.28. The van der Waals surface area contributed by atoms with Crippen molar-refractivity contribution in [3.05, 3.63) is 10.4 Å². The maximum absolute atomic E-state index is 12.1. The summed E-state index contributed by atoms with van der Waals surface area (Å²) in [6.45, 7) is -1.38. The van der Waals surface area contributed by atoms with Gasteiger partial charge in [0, 0.05) is 0 Å². The first-order valence-electron chi connectivity index (χ1n) is 4.78. The van der Waals surface area contributed by atoms with Crippen molar-refractivity contribution >= 4 is 33.9 Å². The molecule has 0 radical (unpaired) electrons. The van der Waals surface area contributed by atoms with E-state index >= 15 is 0 Å². The Balaban J connectivity index is 3.16. The van der Waals surface area contributed by atoms with Gasteiger partial charge in [-0.25, -0.2) is 4.79 Å². The number of nitrogens with one attached hydrogen (secondary N) is 1. The van der Waals surface area contributed by atoms with E-state index in [1.807, 2.05) is 5.32 Å². The molecule has 0 saturated heterocycles. The molecule has 1 aromatic heterocycles. The van der Waals surface area contributed by atoms with Gasteiger partial charge in [-0.3, -0.25) is 4.79 Å². The summed E-state index contributed by atoms with van der Waals surface area (Å²) in [5.74, 6) is -1.89. The number of ether oxygens (including phenoxy) is 1. The lowest BCUT2D eigenvalue weighted by Gasteiger charge is -2.08. The Morgan fingerprint density at radius 2 is 2.00 bits per heavy atom. The van der Waals surface area contributed by atoms with E-state index in [0.717, 1.165) is 7.11 Å². The number of hydrogen-bond acceptors (Lipinski definition) is 6. The summed E-state index contributed by atoms with van der Waals surface area (Å²) < 4.78 is 40.7. The Kier molecular flexibility index (Phi) is 4.24. The highest BCUT2D eigenvalue weighted by Gasteiger charge is 2.30. The highest BCUT2D eigenvalue weighted by atomic mass is 32.1. The third kappa shape index (κ3) is 3.50. The number of carbonyl (C=O) groups excluding carboxylic acids is 2. The molecule has 5 N–H and O–H groups in total. The number of hydrogen-bond donors (Lipinski definition) is 3. The predicted octanol–water partition coefficient (Wildman–Crippen LogP) is 1.19. The van der Waals surface area contributed by atoms with Crippen molar-refractivity contribution in [2.24, 2.45) is 5.73 Å². The summed E-state index contributed by atoms with van der Waals surface area (Å²) in [4.78, 5) is 22.3. The van der Waals surface area contributed by atoms with Crippen LogP contribution < -0.4 is 16.8 Å². The molecule has 19 heavy (non-hydrogen) atoms. The molecule has 10 heteroatoms. The summed E-state index contributed by atoms with van der Waals surface area (Å²) in [5, 5.41) is 1.76. The van der Waals surface area contributed by atoms with E-state index in [1.165, 1.54) is 0 Å². The van der Waals surface area contributed by atoms with Crippen molar-refractivity contribution in [3.63, 3.8) is 0 Å². The lowest BCUT2D eigenvalue weighted by molar-refractivity contribution is -0.115. The van der Waals surface area contributed by atoms with Gasteiger partial charge in [0.2, 0.25) is 0 Å². The molecule has 0 bridgehead atoms. The zero-order chi connectivity index (χ0) is 14.8. The van der Waals surface area contributed by atoms with Gasteiger partial charge in [-0.2, -0.15) is 13.2 Å². The molecule has 0 aliphatic carbocycles. The Morgan fingerprint density at radius 3 is 2.42 bits per heavy atom. The van der Waals surface area contributed by atoms with Crippen LogP contribution in [-0.2, 0) is 4.74 Å². The van der Waals surface area contributed by atoms with E-state index in [2.05, 4.69) is 4.74 Å². The van der Waals surface area contributed by atoms with Gasteiger partial charge < -0.3 is 21.5 Å². The van der Waals surface area contributed by atoms with Gasteiger partial charge in [0.05, 0.1) is 18.4 Å². The maximum atomic E-state index is 12.1. The fourth-order valence-electron chi connectivity index (χ4n) is 1.24. The Labute approximate surface area is 109 Å². The van der Waals surface area contributed by atoms with Gasteiger partial charge in [0.1, 0.15) is 16.4 Å². The molecule has 0 fully saturated rings. The van der Waals surface area contributed by atoms with E-state index in [1.54, 1.807) is 0 Å². The molecule has 1 aromatic rings. The van der Waals surface area contributed by atoms with Crippen molar-refractivity contribution in [1.82, 2.24) is 0 Å². The summed E-state index contributed by atoms with van der Waals surface area (Å²) in [7, 11) is 1.08. The van der Waals surface area contributed by atoms with E-state index in [4.69, 9.17) is 11.5 Å². The molecule has 0 aliphatic heterocycles. The van der Waals surface area contributed by atoms with Crippen molar-refractivity contribution < 1.29 is 27.5 Å². The van der Waals surface area contributed by atoms with Crippen LogP contribution in [-0.4, -0.2) is 31.7 Å². The fraction of sp³-hybridized carbons (Fsp3) is 0.333.